The van der Waals surface area contributed by atoms with Gasteiger partial charge in [0.05, 0.1) is 0 Å². The van der Waals surface area contributed by atoms with E-state index in [0.29, 0.717) is 0 Å². The summed E-state index contributed by atoms with van der Waals surface area (Å²) < 4.78 is 0. The predicted molar refractivity (Wildman–Crippen MR) is 76.8 cm³/mol. The lowest BCUT2D eigenvalue weighted by molar-refractivity contribution is 0.0999. The molecule has 0 aromatic carbocycles. The Hall–Kier alpha value is -0.0800. The number of nitrogens with one attached hydrogen (secondary N) is 1. The maximum Gasteiger partial charge on any atom is 0.0195 e. The second-order valence-corrected chi connectivity index (χ2v) is 7.01. The van der Waals surface area contributed by atoms with Crippen molar-refractivity contribution in [2.75, 3.05) is 26.2 Å². The molecule has 2 heteroatoms. The lowest BCUT2D eigenvalue weighted by Crippen LogP contribution is -2.46. The number of likely N-dealkylation sites (tertiary alicyclic amines) is 1. The van der Waals surface area contributed by atoms with E-state index >= 15 is 0 Å². The number of piperidine rings is 1. The topological polar surface area (TPSA) is 15.3 Å². The first-order valence-electron chi connectivity index (χ1n) is 8.32. The summed E-state index contributed by atoms with van der Waals surface area (Å²) in [6, 6.07) is 0.783. The first-order valence-corrected chi connectivity index (χ1v) is 8.32. The van der Waals surface area contributed by atoms with Crippen molar-refractivity contribution in [3.8, 4) is 0 Å². The SMILES string of the molecule is C1CCNC(CN2CCC3(CCCC3)CC2)CC1. The molecule has 1 spiro atoms. The van der Waals surface area contributed by atoms with Crippen LogP contribution in [0.4, 0.5) is 0 Å². The fraction of sp³-hybridized carbons (Fsp3) is 1.00. The highest BCUT2D eigenvalue weighted by molar-refractivity contribution is 4.90. The molecular weight excluding hydrogens is 220 g/mol. The van der Waals surface area contributed by atoms with Crippen molar-refractivity contribution in [1.29, 1.82) is 0 Å². The average molecular weight is 250 g/mol. The smallest absolute Gasteiger partial charge is 0.0195 e. The van der Waals surface area contributed by atoms with Gasteiger partial charge in [-0.05, 0) is 63.6 Å². The molecule has 1 aliphatic carbocycles. The van der Waals surface area contributed by atoms with Gasteiger partial charge in [-0.1, -0.05) is 25.7 Å². The Morgan fingerprint density at radius 3 is 2.44 bits per heavy atom. The molecule has 1 atom stereocenters. The number of nitrogens with zero attached hydrogens (tertiary/aromatic N) is 1. The van der Waals surface area contributed by atoms with E-state index in [0.717, 1.165) is 11.5 Å². The molecule has 0 aromatic heterocycles. The second-order valence-electron chi connectivity index (χ2n) is 7.01. The molecular formula is C16H30N2. The molecule has 0 radical (unpaired) electrons. The van der Waals surface area contributed by atoms with Crippen LogP contribution in [0, 0.1) is 5.41 Å². The molecule has 3 aliphatic rings. The molecule has 104 valence electrons. The molecule has 1 unspecified atom stereocenters. The summed E-state index contributed by atoms with van der Waals surface area (Å²) in [6.45, 7) is 5.31. The van der Waals surface area contributed by atoms with Gasteiger partial charge in [-0.15, -0.1) is 0 Å². The Kier molecular flexibility index (Phi) is 4.25. The standard InChI is InChI=1S/C16H30N2/c1-2-6-15(17-11-5-1)14-18-12-9-16(10-13-18)7-3-4-8-16/h15,17H,1-14H2. The van der Waals surface area contributed by atoms with Gasteiger partial charge >= 0.3 is 0 Å². The normalized spacial score (nSPS) is 33.7. The van der Waals surface area contributed by atoms with Gasteiger partial charge in [-0.25, -0.2) is 0 Å². The number of hydrogen-bond acceptors (Lipinski definition) is 2. The summed E-state index contributed by atoms with van der Waals surface area (Å²) in [5.41, 5.74) is 0.785. The van der Waals surface area contributed by atoms with E-state index < -0.39 is 0 Å². The van der Waals surface area contributed by atoms with Gasteiger partial charge in [0, 0.05) is 12.6 Å². The van der Waals surface area contributed by atoms with Crippen molar-refractivity contribution in [2.24, 2.45) is 5.41 Å². The summed E-state index contributed by atoms with van der Waals surface area (Å²) in [6.07, 6.45) is 14.7. The van der Waals surface area contributed by atoms with E-state index in [9.17, 15) is 0 Å². The van der Waals surface area contributed by atoms with Crippen LogP contribution in [0.25, 0.3) is 0 Å². The summed E-state index contributed by atoms with van der Waals surface area (Å²) in [4.78, 5) is 2.74. The van der Waals surface area contributed by atoms with Crippen molar-refractivity contribution in [3.05, 3.63) is 0 Å². The molecule has 0 bridgehead atoms. The average Bonchev–Trinajstić information content (AvgIpc) is 2.69. The molecule has 0 amide bonds. The van der Waals surface area contributed by atoms with Gasteiger partial charge in [0.2, 0.25) is 0 Å². The van der Waals surface area contributed by atoms with Crippen LogP contribution in [0.15, 0.2) is 0 Å². The lowest BCUT2D eigenvalue weighted by Gasteiger charge is -2.40. The molecule has 2 heterocycles. The quantitative estimate of drug-likeness (QED) is 0.810. The van der Waals surface area contributed by atoms with Gasteiger partial charge in [0.15, 0.2) is 0 Å². The monoisotopic (exact) mass is 250 g/mol. The van der Waals surface area contributed by atoms with Gasteiger partial charge in [-0.2, -0.15) is 0 Å². The first kappa shape index (κ1) is 12.9. The summed E-state index contributed by atoms with van der Waals surface area (Å²) in [5.74, 6) is 0. The van der Waals surface area contributed by atoms with Crippen LogP contribution < -0.4 is 5.32 Å². The Balaban J connectivity index is 1.44. The van der Waals surface area contributed by atoms with Crippen molar-refractivity contribution in [2.45, 2.75) is 70.3 Å². The highest BCUT2D eigenvalue weighted by Gasteiger charge is 2.37. The van der Waals surface area contributed by atoms with Gasteiger partial charge in [0.1, 0.15) is 0 Å². The van der Waals surface area contributed by atoms with Crippen molar-refractivity contribution < 1.29 is 0 Å². The Bertz CT molecular complexity index is 240. The molecule has 0 aromatic rings. The zero-order valence-electron chi connectivity index (χ0n) is 11.9. The molecule has 3 rings (SSSR count). The van der Waals surface area contributed by atoms with Crippen molar-refractivity contribution in [3.63, 3.8) is 0 Å². The van der Waals surface area contributed by atoms with Crippen LogP contribution >= 0.6 is 0 Å². The van der Waals surface area contributed by atoms with E-state index in [1.54, 1.807) is 0 Å². The molecule has 18 heavy (non-hydrogen) atoms. The predicted octanol–water partition coefficient (Wildman–Crippen LogP) is 3.17. The minimum Gasteiger partial charge on any atom is -0.313 e. The van der Waals surface area contributed by atoms with E-state index in [-0.39, 0.29) is 0 Å². The molecule has 2 aliphatic heterocycles. The number of rotatable bonds is 2. The van der Waals surface area contributed by atoms with Crippen molar-refractivity contribution in [1.82, 2.24) is 10.2 Å². The first-order chi connectivity index (χ1) is 8.86. The van der Waals surface area contributed by atoms with Crippen LogP contribution in [-0.4, -0.2) is 37.1 Å². The van der Waals surface area contributed by atoms with E-state index in [2.05, 4.69) is 10.2 Å². The van der Waals surface area contributed by atoms with Crippen LogP contribution in [0.3, 0.4) is 0 Å². The van der Waals surface area contributed by atoms with Crippen LogP contribution in [0.1, 0.15) is 64.2 Å². The molecule has 2 nitrogen and oxygen atoms in total. The molecule has 1 N–H and O–H groups in total. The van der Waals surface area contributed by atoms with Crippen LogP contribution in [0.5, 0.6) is 0 Å². The molecule has 3 fully saturated rings. The summed E-state index contributed by atoms with van der Waals surface area (Å²) in [7, 11) is 0. The Morgan fingerprint density at radius 2 is 1.67 bits per heavy atom. The third-order valence-electron chi connectivity index (χ3n) is 5.72. The Morgan fingerprint density at radius 1 is 0.889 bits per heavy atom. The highest BCUT2D eigenvalue weighted by atomic mass is 15.2. The Labute approximate surface area is 113 Å². The van der Waals surface area contributed by atoms with E-state index in [1.807, 2.05) is 0 Å². The van der Waals surface area contributed by atoms with Crippen LogP contribution in [0.2, 0.25) is 0 Å². The second kappa shape index (κ2) is 5.92. The van der Waals surface area contributed by atoms with Gasteiger partial charge in [-0.3, -0.25) is 0 Å². The lowest BCUT2D eigenvalue weighted by atomic mass is 9.77. The van der Waals surface area contributed by atoms with E-state index in [1.165, 1.54) is 90.4 Å². The fourth-order valence-corrected chi connectivity index (χ4v) is 4.40. The van der Waals surface area contributed by atoms with Crippen molar-refractivity contribution >= 4 is 0 Å². The molecule has 1 saturated carbocycles. The zero-order valence-corrected chi connectivity index (χ0v) is 11.9. The number of hydrogen-bond donors (Lipinski definition) is 1. The largest absolute Gasteiger partial charge is 0.313 e. The third kappa shape index (κ3) is 3.08. The maximum absolute atomic E-state index is 3.75. The third-order valence-corrected chi connectivity index (χ3v) is 5.72. The summed E-state index contributed by atoms with van der Waals surface area (Å²) in [5, 5.41) is 3.75. The fourth-order valence-electron chi connectivity index (χ4n) is 4.40. The van der Waals surface area contributed by atoms with Gasteiger partial charge in [0.25, 0.3) is 0 Å². The summed E-state index contributed by atoms with van der Waals surface area (Å²) >= 11 is 0. The minimum atomic E-state index is 0.783. The maximum atomic E-state index is 3.75. The van der Waals surface area contributed by atoms with Gasteiger partial charge < -0.3 is 10.2 Å². The van der Waals surface area contributed by atoms with Crippen LogP contribution in [-0.2, 0) is 0 Å². The highest BCUT2D eigenvalue weighted by Crippen LogP contribution is 2.46. The minimum absolute atomic E-state index is 0.783. The van der Waals surface area contributed by atoms with E-state index in [4.69, 9.17) is 0 Å². The zero-order chi connectivity index (χ0) is 12.3. The molecule has 2 saturated heterocycles.